The second-order valence-electron chi connectivity index (χ2n) is 7.96. The van der Waals surface area contributed by atoms with Gasteiger partial charge in [0.15, 0.2) is 0 Å². The molecule has 0 atom stereocenters. The first-order valence-corrected chi connectivity index (χ1v) is 10.4. The molecule has 1 aliphatic carbocycles. The molecule has 152 valence electrons. The number of anilines is 1. The van der Waals surface area contributed by atoms with Crippen LogP contribution in [0.2, 0.25) is 5.02 Å². The lowest BCUT2D eigenvalue weighted by Crippen LogP contribution is -2.34. The van der Waals surface area contributed by atoms with Crippen molar-refractivity contribution in [3.8, 4) is 0 Å². The summed E-state index contributed by atoms with van der Waals surface area (Å²) in [6.07, 6.45) is 6.19. The molecule has 2 aliphatic rings. The minimum atomic E-state index is 0. The van der Waals surface area contributed by atoms with Gasteiger partial charge in [-0.3, -0.25) is 0 Å². The molecule has 0 N–H and O–H groups in total. The molecule has 3 heterocycles. The van der Waals surface area contributed by atoms with Crippen molar-refractivity contribution < 1.29 is 0 Å². The quantitative estimate of drug-likeness (QED) is 0.600. The van der Waals surface area contributed by atoms with Crippen molar-refractivity contribution in [2.75, 3.05) is 18.0 Å². The maximum absolute atomic E-state index is 6.32. The topological polar surface area (TPSA) is 46.8 Å². The van der Waals surface area contributed by atoms with Crippen molar-refractivity contribution in [1.82, 2.24) is 19.7 Å². The number of halogens is 2. The van der Waals surface area contributed by atoms with Gasteiger partial charge in [-0.25, -0.2) is 4.98 Å². The van der Waals surface area contributed by atoms with Gasteiger partial charge in [0, 0.05) is 32.3 Å². The standard InChI is InChI=1S/C22H24ClN5.ClH/c1-27-19(16-9-14-28(15-10-16)20-18(23)8-5-13-24-20)25-26-21(27)22(11-12-22)17-6-3-2-4-7-17;/h2-8,13,16H,9-12,14-15H2,1H3;1H. The predicted molar refractivity (Wildman–Crippen MR) is 118 cm³/mol. The maximum atomic E-state index is 6.32. The number of aromatic nitrogens is 4. The van der Waals surface area contributed by atoms with Crippen LogP contribution in [0.4, 0.5) is 5.82 Å². The second-order valence-corrected chi connectivity index (χ2v) is 8.37. The van der Waals surface area contributed by atoms with Crippen molar-refractivity contribution in [2.24, 2.45) is 7.05 Å². The third-order valence-corrected chi connectivity index (χ3v) is 6.61. The Morgan fingerprint density at radius 3 is 2.38 bits per heavy atom. The molecule has 1 aliphatic heterocycles. The normalized spacial score (nSPS) is 18.3. The molecule has 7 heteroatoms. The Balaban J connectivity index is 0.00000205. The lowest BCUT2D eigenvalue weighted by Gasteiger charge is -2.32. The van der Waals surface area contributed by atoms with E-state index in [2.05, 4.69) is 62.0 Å². The van der Waals surface area contributed by atoms with E-state index in [-0.39, 0.29) is 17.8 Å². The van der Waals surface area contributed by atoms with E-state index in [1.807, 2.05) is 12.1 Å². The summed E-state index contributed by atoms with van der Waals surface area (Å²) in [4.78, 5) is 6.74. The lowest BCUT2D eigenvalue weighted by molar-refractivity contribution is 0.469. The van der Waals surface area contributed by atoms with Gasteiger partial charge >= 0.3 is 0 Å². The van der Waals surface area contributed by atoms with Gasteiger partial charge in [-0.1, -0.05) is 41.9 Å². The van der Waals surface area contributed by atoms with Crippen LogP contribution in [0.3, 0.4) is 0 Å². The highest BCUT2D eigenvalue weighted by Gasteiger charge is 2.50. The van der Waals surface area contributed by atoms with E-state index in [0.717, 1.165) is 61.3 Å². The third kappa shape index (κ3) is 3.51. The fourth-order valence-corrected chi connectivity index (χ4v) is 4.84. The number of hydrogen-bond donors (Lipinski definition) is 0. The van der Waals surface area contributed by atoms with Gasteiger partial charge in [0.2, 0.25) is 0 Å². The second kappa shape index (κ2) is 7.96. The van der Waals surface area contributed by atoms with Crippen LogP contribution in [-0.4, -0.2) is 32.8 Å². The van der Waals surface area contributed by atoms with E-state index < -0.39 is 0 Å². The van der Waals surface area contributed by atoms with Crippen LogP contribution >= 0.6 is 24.0 Å². The SMILES string of the molecule is Cl.Cn1c(C2CCN(c3ncccc3Cl)CC2)nnc1C1(c2ccccc2)CC1. The Hall–Kier alpha value is -2.11. The Bertz CT molecular complexity index is 976. The Morgan fingerprint density at radius 2 is 1.72 bits per heavy atom. The summed E-state index contributed by atoms with van der Waals surface area (Å²) >= 11 is 6.32. The molecule has 5 rings (SSSR count). The number of pyridine rings is 1. The van der Waals surface area contributed by atoms with Gasteiger partial charge in [-0.2, -0.15) is 0 Å². The fourth-order valence-electron chi connectivity index (χ4n) is 4.60. The largest absolute Gasteiger partial charge is 0.355 e. The van der Waals surface area contributed by atoms with Crippen LogP contribution in [-0.2, 0) is 12.5 Å². The molecule has 2 aromatic heterocycles. The molecule has 1 saturated heterocycles. The summed E-state index contributed by atoms with van der Waals surface area (Å²) in [6.45, 7) is 1.88. The predicted octanol–water partition coefficient (Wildman–Crippen LogP) is 4.75. The first-order chi connectivity index (χ1) is 13.7. The van der Waals surface area contributed by atoms with Gasteiger partial charge in [-0.05, 0) is 43.4 Å². The molecule has 0 spiro atoms. The van der Waals surface area contributed by atoms with Gasteiger partial charge < -0.3 is 9.47 Å². The average Bonchev–Trinajstić information content (AvgIpc) is 3.46. The van der Waals surface area contributed by atoms with E-state index in [1.54, 1.807) is 6.20 Å². The highest BCUT2D eigenvalue weighted by atomic mass is 35.5. The van der Waals surface area contributed by atoms with Crippen LogP contribution in [0.15, 0.2) is 48.7 Å². The molecule has 3 aromatic rings. The minimum absolute atomic E-state index is 0. The molecule has 0 amide bonds. The zero-order valence-corrected chi connectivity index (χ0v) is 18.0. The van der Waals surface area contributed by atoms with Crippen LogP contribution < -0.4 is 4.90 Å². The monoisotopic (exact) mass is 429 g/mol. The van der Waals surface area contributed by atoms with Gasteiger partial charge in [0.1, 0.15) is 17.5 Å². The first kappa shape index (κ1) is 20.2. The summed E-state index contributed by atoms with van der Waals surface area (Å²) < 4.78 is 2.26. The van der Waals surface area contributed by atoms with Gasteiger partial charge in [0.05, 0.1) is 10.4 Å². The first-order valence-electron chi connectivity index (χ1n) is 10.00. The fraction of sp³-hybridized carbons (Fsp3) is 0.409. The molecule has 0 radical (unpaired) electrons. The molecule has 2 fully saturated rings. The molecule has 5 nitrogen and oxygen atoms in total. The molecule has 0 bridgehead atoms. The Labute approximate surface area is 182 Å². The van der Waals surface area contributed by atoms with Gasteiger partial charge in [0.25, 0.3) is 0 Å². The van der Waals surface area contributed by atoms with E-state index >= 15 is 0 Å². The highest BCUT2D eigenvalue weighted by molar-refractivity contribution is 6.32. The van der Waals surface area contributed by atoms with Crippen LogP contribution in [0.25, 0.3) is 0 Å². The van der Waals surface area contributed by atoms with Gasteiger partial charge in [-0.15, -0.1) is 22.6 Å². The summed E-state index contributed by atoms with van der Waals surface area (Å²) in [5.41, 5.74) is 1.42. The molecule has 0 unspecified atom stereocenters. The summed E-state index contributed by atoms with van der Waals surface area (Å²) in [5.74, 6) is 3.55. The van der Waals surface area contributed by atoms with Crippen molar-refractivity contribution in [1.29, 1.82) is 0 Å². The van der Waals surface area contributed by atoms with Crippen molar-refractivity contribution in [3.05, 3.63) is 70.9 Å². The van der Waals surface area contributed by atoms with E-state index in [0.29, 0.717) is 5.92 Å². The molecule has 1 aromatic carbocycles. The number of hydrogen-bond acceptors (Lipinski definition) is 4. The Morgan fingerprint density at radius 1 is 1.00 bits per heavy atom. The summed E-state index contributed by atoms with van der Waals surface area (Å²) in [7, 11) is 2.13. The number of rotatable bonds is 4. The van der Waals surface area contributed by atoms with Crippen LogP contribution in [0.5, 0.6) is 0 Å². The number of benzene rings is 1. The third-order valence-electron chi connectivity index (χ3n) is 6.31. The summed E-state index contributed by atoms with van der Waals surface area (Å²) in [5, 5.41) is 10.0. The highest BCUT2D eigenvalue weighted by Crippen LogP contribution is 2.52. The molecule has 1 saturated carbocycles. The molecule has 29 heavy (non-hydrogen) atoms. The van der Waals surface area contributed by atoms with Crippen molar-refractivity contribution in [3.63, 3.8) is 0 Å². The van der Waals surface area contributed by atoms with Crippen LogP contribution in [0.1, 0.15) is 48.8 Å². The van der Waals surface area contributed by atoms with E-state index in [1.165, 1.54) is 5.56 Å². The van der Waals surface area contributed by atoms with Crippen molar-refractivity contribution >= 4 is 29.8 Å². The zero-order valence-electron chi connectivity index (χ0n) is 16.5. The van der Waals surface area contributed by atoms with E-state index in [9.17, 15) is 0 Å². The maximum Gasteiger partial charge on any atom is 0.147 e. The summed E-state index contributed by atoms with van der Waals surface area (Å²) in [6, 6.07) is 14.5. The zero-order chi connectivity index (χ0) is 19.1. The average molecular weight is 430 g/mol. The van der Waals surface area contributed by atoms with E-state index in [4.69, 9.17) is 11.6 Å². The molecular formula is C22H25Cl2N5. The molecular weight excluding hydrogens is 405 g/mol. The van der Waals surface area contributed by atoms with Crippen LogP contribution in [0, 0.1) is 0 Å². The Kier molecular flexibility index (Phi) is 5.54. The minimum Gasteiger partial charge on any atom is -0.355 e. The number of nitrogens with zero attached hydrogens (tertiary/aromatic N) is 5. The smallest absolute Gasteiger partial charge is 0.147 e. The number of piperidine rings is 1. The lowest BCUT2D eigenvalue weighted by atomic mass is 9.94. The van der Waals surface area contributed by atoms with Crippen molar-refractivity contribution in [2.45, 2.75) is 37.0 Å².